The number of fused-ring (bicyclic) bond motifs is 1. The summed E-state index contributed by atoms with van der Waals surface area (Å²) in [6.07, 6.45) is 0. The molecular weight excluding hydrogens is 412 g/mol. The number of tetrazole rings is 1. The van der Waals surface area contributed by atoms with Crippen LogP contribution >= 0.6 is 11.6 Å². The number of hydrogen-bond acceptors (Lipinski definition) is 8. The van der Waals surface area contributed by atoms with E-state index >= 15 is 0 Å². The van der Waals surface area contributed by atoms with Crippen LogP contribution in [0, 0.1) is 16.0 Å². The first kappa shape index (κ1) is 19.5. The molecule has 1 aliphatic heterocycles. The summed E-state index contributed by atoms with van der Waals surface area (Å²) in [6.45, 7) is 3.99. The molecule has 0 fully saturated rings. The van der Waals surface area contributed by atoms with Gasteiger partial charge in [0.15, 0.2) is 0 Å². The maximum absolute atomic E-state index is 13.0. The molecule has 0 aliphatic carbocycles. The number of ether oxygens (including phenoxy) is 1. The third-order valence-corrected chi connectivity index (χ3v) is 5.03. The minimum absolute atomic E-state index is 0.0170. The van der Waals surface area contributed by atoms with Crippen molar-refractivity contribution in [1.29, 1.82) is 0 Å². The molecule has 1 N–H and O–H groups in total. The Hall–Kier alpha value is -3.79. The predicted molar refractivity (Wildman–Crippen MR) is 107 cm³/mol. The number of hydrogen-bond donors (Lipinski definition) is 1. The first-order chi connectivity index (χ1) is 14.5. The summed E-state index contributed by atoms with van der Waals surface area (Å²) in [7, 11) is 0. The molecule has 1 aliphatic rings. The number of esters is 1. The van der Waals surface area contributed by atoms with E-state index in [4.69, 9.17) is 16.3 Å². The van der Waals surface area contributed by atoms with Gasteiger partial charge in [0, 0.05) is 11.8 Å². The van der Waals surface area contributed by atoms with E-state index in [1.54, 1.807) is 6.07 Å². The lowest BCUT2D eigenvalue weighted by atomic mass is 9.89. The van der Waals surface area contributed by atoms with Gasteiger partial charge in [-0.25, -0.2) is 4.68 Å². The molecule has 0 saturated carbocycles. The lowest BCUT2D eigenvalue weighted by Gasteiger charge is -2.32. The Morgan fingerprint density at radius 2 is 2.07 bits per heavy atom. The number of carbonyl (C=O) groups is 1. The van der Waals surface area contributed by atoms with Gasteiger partial charge in [0.2, 0.25) is 5.95 Å². The first-order valence-corrected chi connectivity index (χ1v) is 9.21. The van der Waals surface area contributed by atoms with Crippen molar-refractivity contribution in [3.8, 4) is 0 Å². The van der Waals surface area contributed by atoms with Gasteiger partial charge in [0.1, 0.15) is 23.6 Å². The van der Waals surface area contributed by atoms with Gasteiger partial charge >= 0.3 is 5.97 Å². The molecule has 2 aromatic carbocycles. The van der Waals surface area contributed by atoms with Crippen LogP contribution in [0.4, 0.5) is 11.6 Å². The number of halogens is 1. The third kappa shape index (κ3) is 3.60. The van der Waals surface area contributed by atoms with Gasteiger partial charge in [0.25, 0.3) is 5.69 Å². The summed E-state index contributed by atoms with van der Waals surface area (Å²) in [5, 5.41) is 25.6. The van der Waals surface area contributed by atoms with Gasteiger partial charge in [-0.05, 0) is 27.6 Å². The highest BCUT2D eigenvalue weighted by Crippen LogP contribution is 2.39. The number of nitrogens with one attached hydrogen (secondary N) is 1. The van der Waals surface area contributed by atoms with Crippen LogP contribution in [-0.2, 0) is 16.1 Å². The number of nitro groups is 1. The summed E-state index contributed by atoms with van der Waals surface area (Å²) >= 11 is 5.94. The molecule has 0 radical (unpaired) electrons. The van der Waals surface area contributed by atoms with Crippen LogP contribution in [0.2, 0.25) is 5.02 Å². The molecule has 0 bridgehead atoms. The Morgan fingerprint density at radius 3 is 2.80 bits per heavy atom. The van der Waals surface area contributed by atoms with Gasteiger partial charge in [0.05, 0.1) is 4.92 Å². The molecule has 30 heavy (non-hydrogen) atoms. The Balaban J connectivity index is 1.71. The van der Waals surface area contributed by atoms with Gasteiger partial charge < -0.3 is 10.1 Å². The summed E-state index contributed by atoms with van der Waals surface area (Å²) in [6, 6.07) is 12.7. The monoisotopic (exact) mass is 426 g/mol. The van der Waals surface area contributed by atoms with Gasteiger partial charge in [-0.1, -0.05) is 59.7 Å². The molecule has 10 nitrogen and oxygen atoms in total. The summed E-state index contributed by atoms with van der Waals surface area (Å²) in [4.78, 5) is 23.8. The molecule has 0 spiro atoms. The van der Waals surface area contributed by atoms with E-state index in [9.17, 15) is 14.9 Å². The maximum atomic E-state index is 13.0. The molecular formula is C19H15ClN6O4. The van der Waals surface area contributed by atoms with E-state index < -0.39 is 22.9 Å². The minimum atomic E-state index is -0.925. The van der Waals surface area contributed by atoms with E-state index in [-0.39, 0.29) is 23.3 Å². The number of anilines is 1. The Morgan fingerprint density at radius 1 is 1.30 bits per heavy atom. The zero-order chi connectivity index (χ0) is 21.3. The first-order valence-electron chi connectivity index (χ1n) is 8.84. The van der Waals surface area contributed by atoms with E-state index in [0.717, 1.165) is 5.56 Å². The summed E-state index contributed by atoms with van der Waals surface area (Å²) in [5.74, 6) is -1.24. The van der Waals surface area contributed by atoms with E-state index in [2.05, 4.69) is 27.4 Å². The molecule has 11 heteroatoms. The van der Waals surface area contributed by atoms with Gasteiger partial charge in [-0.3, -0.25) is 14.9 Å². The average molecular weight is 427 g/mol. The fraction of sp³-hybridized carbons (Fsp3) is 0.158. The molecule has 0 saturated heterocycles. The van der Waals surface area contributed by atoms with Crippen LogP contribution in [0.15, 0.2) is 60.8 Å². The Bertz CT molecular complexity index is 1130. The van der Waals surface area contributed by atoms with Crippen LogP contribution in [0.5, 0.6) is 0 Å². The second kappa shape index (κ2) is 7.91. The number of nitro benzene ring substituents is 1. The topological polar surface area (TPSA) is 125 Å². The second-order valence-electron chi connectivity index (χ2n) is 6.58. The molecule has 1 aromatic heterocycles. The second-order valence-corrected chi connectivity index (χ2v) is 6.99. The van der Waals surface area contributed by atoms with Crippen molar-refractivity contribution < 1.29 is 14.5 Å². The maximum Gasteiger partial charge on any atom is 0.317 e. The lowest BCUT2D eigenvalue weighted by molar-refractivity contribution is -0.384. The Kier molecular flexibility index (Phi) is 5.15. The number of carbonyl (C=O) groups excluding carboxylic acids is 1. The fourth-order valence-electron chi connectivity index (χ4n) is 3.29. The predicted octanol–water partition coefficient (Wildman–Crippen LogP) is 3.12. The van der Waals surface area contributed by atoms with Crippen molar-refractivity contribution in [1.82, 2.24) is 20.2 Å². The largest absolute Gasteiger partial charge is 0.460 e. The van der Waals surface area contributed by atoms with Crippen LogP contribution in [0.25, 0.3) is 0 Å². The van der Waals surface area contributed by atoms with Crippen LogP contribution < -0.4 is 5.32 Å². The van der Waals surface area contributed by atoms with Crippen LogP contribution in [0.1, 0.15) is 17.2 Å². The zero-order valence-electron chi connectivity index (χ0n) is 15.4. The van der Waals surface area contributed by atoms with E-state index in [1.807, 2.05) is 30.3 Å². The normalized spacial score (nSPS) is 17.7. The lowest BCUT2D eigenvalue weighted by Crippen LogP contribution is -2.37. The number of rotatable bonds is 5. The smallest absolute Gasteiger partial charge is 0.317 e. The third-order valence-electron chi connectivity index (χ3n) is 4.71. The molecule has 152 valence electrons. The van der Waals surface area contributed by atoms with Gasteiger partial charge in [-0.2, -0.15) is 0 Å². The van der Waals surface area contributed by atoms with Crippen molar-refractivity contribution in [3.63, 3.8) is 0 Å². The van der Waals surface area contributed by atoms with E-state index in [1.165, 1.54) is 16.8 Å². The van der Waals surface area contributed by atoms with E-state index in [0.29, 0.717) is 11.3 Å². The quantitative estimate of drug-likeness (QED) is 0.374. The number of benzene rings is 2. The summed E-state index contributed by atoms with van der Waals surface area (Å²) in [5.41, 5.74) is 1.27. The number of aromatic nitrogens is 4. The van der Waals surface area contributed by atoms with Crippen LogP contribution in [0.3, 0.4) is 0 Å². The van der Waals surface area contributed by atoms with Gasteiger partial charge in [-0.15, -0.1) is 0 Å². The van der Waals surface area contributed by atoms with Crippen molar-refractivity contribution in [2.75, 3.05) is 5.32 Å². The minimum Gasteiger partial charge on any atom is -0.460 e. The summed E-state index contributed by atoms with van der Waals surface area (Å²) < 4.78 is 6.87. The standard InChI is InChI=1S/C19H15ClN6O4/c1-11-16(18(27)30-10-12-5-3-2-4-6-12)17(25-19(21-11)22-23-24-25)13-7-8-14(20)15(9-13)26(28)29/h2-9,16-17H,1,10H2,(H,21,22,24)/t16-,17+/m1/s1. The van der Waals surface area contributed by atoms with Crippen molar-refractivity contribution in [2.24, 2.45) is 5.92 Å². The highest BCUT2D eigenvalue weighted by Gasteiger charge is 2.41. The van der Waals surface area contributed by atoms with Crippen molar-refractivity contribution >= 4 is 29.2 Å². The molecule has 4 rings (SSSR count). The Labute approximate surface area is 175 Å². The fourth-order valence-corrected chi connectivity index (χ4v) is 3.48. The van der Waals surface area contributed by atoms with Crippen molar-refractivity contribution in [2.45, 2.75) is 12.6 Å². The molecule has 2 heterocycles. The molecule has 0 unspecified atom stereocenters. The average Bonchev–Trinajstić information content (AvgIpc) is 3.20. The van der Waals surface area contributed by atoms with Crippen molar-refractivity contribution in [3.05, 3.63) is 87.1 Å². The zero-order valence-corrected chi connectivity index (χ0v) is 16.2. The highest BCUT2D eigenvalue weighted by molar-refractivity contribution is 6.32. The van der Waals surface area contributed by atoms with Crippen LogP contribution in [-0.4, -0.2) is 31.1 Å². The highest BCUT2D eigenvalue weighted by atomic mass is 35.5. The molecule has 3 aromatic rings. The SMILES string of the molecule is C=C1Nc2nnnn2[C@@H](c2ccc(Cl)c([N+](=O)[O-])c2)[C@@H]1C(=O)OCc1ccccc1. The molecule has 2 atom stereocenters. The number of nitrogens with zero attached hydrogens (tertiary/aromatic N) is 5. The molecule has 0 amide bonds.